The van der Waals surface area contributed by atoms with Gasteiger partial charge in [-0.2, -0.15) is 0 Å². The van der Waals surface area contributed by atoms with Crippen molar-refractivity contribution < 1.29 is 19.7 Å². The minimum absolute atomic E-state index is 0.366. The highest BCUT2D eigenvalue weighted by Gasteiger charge is 2.52. The number of hydrogen-bond donors (Lipinski definition) is 2. The molecule has 19 heavy (non-hydrogen) atoms. The van der Waals surface area contributed by atoms with Crippen molar-refractivity contribution in [3.63, 3.8) is 0 Å². The molecule has 3 atom stereocenters. The molecule has 1 aromatic rings. The van der Waals surface area contributed by atoms with Gasteiger partial charge >= 0.3 is 0 Å². The summed E-state index contributed by atoms with van der Waals surface area (Å²) < 4.78 is 5.54. The summed E-state index contributed by atoms with van der Waals surface area (Å²) in [4.78, 5) is 12.2. The number of aliphatic hydroxyl groups excluding tert-OH is 1. The van der Waals surface area contributed by atoms with Gasteiger partial charge in [0.1, 0.15) is 5.76 Å². The topological polar surface area (TPSA) is 66.8 Å². The van der Waals surface area contributed by atoms with E-state index >= 15 is 0 Å². The summed E-state index contributed by atoms with van der Waals surface area (Å²) in [6.07, 6.45) is 4.19. The van der Waals surface area contributed by atoms with E-state index in [9.17, 15) is 15.0 Å². The lowest BCUT2D eigenvalue weighted by molar-refractivity contribution is -0.258. The average Bonchev–Trinajstić information content (AvgIpc) is 2.46. The molecule has 0 radical (unpaired) electrons. The molecule has 1 fully saturated rings. The first-order chi connectivity index (χ1) is 9.13. The lowest BCUT2D eigenvalue weighted by Gasteiger charge is -2.41. The lowest BCUT2D eigenvalue weighted by atomic mass is 9.83. The summed E-state index contributed by atoms with van der Waals surface area (Å²) in [6.45, 7) is 0. The average molecular weight is 258 g/mol. The fourth-order valence-electron chi connectivity index (χ4n) is 2.48. The first kappa shape index (κ1) is 12.1. The van der Waals surface area contributed by atoms with Crippen LogP contribution in [0.2, 0.25) is 0 Å². The van der Waals surface area contributed by atoms with Crippen molar-refractivity contribution in [3.8, 4) is 0 Å². The molecular formula is C15H14O4. The van der Waals surface area contributed by atoms with E-state index in [-0.39, 0.29) is 0 Å². The predicted molar refractivity (Wildman–Crippen MR) is 67.8 cm³/mol. The van der Waals surface area contributed by atoms with Gasteiger partial charge in [-0.1, -0.05) is 42.5 Å². The molecule has 1 saturated heterocycles. The van der Waals surface area contributed by atoms with Gasteiger partial charge in [0, 0.05) is 5.56 Å². The predicted octanol–water partition coefficient (Wildman–Crippen LogP) is 1.25. The number of ether oxygens (including phenoxy) is 1. The second-order valence-electron chi connectivity index (χ2n) is 4.75. The second kappa shape index (κ2) is 4.33. The van der Waals surface area contributed by atoms with Gasteiger partial charge < -0.3 is 14.9 Å². The molecule has 98 valence electrons. The van der Waals surface area contributed by atoms with E-state index in [1.807, 2.05) is 6.08 Å². The van der Waals surface area contributed by atoms with Crippen LogP contribution in [0.5, 0.6) is 0 Å². The third kappa shape index (κ3) is 1.80. The lowest BCUT2D eigenvalue weighted by Crippen LogP contribution is -2.53. The molecule has 0 aromatic heterocycles. The second-order valence-corrected chi connectivity index (χ2v) is 4.75. The maximum atomic E-state index is 12.2. The number of aliphatic hydroxyl groups is 2. The molecule has 2 aliphatic rings. The van der Waals surface area contributed by atoms with Crippen molar-refractivity contribution in [2.75, 3.05) is 0 Å². The molecule has 3 unspecified atom stereocenters. The van der Waals surface area contributed by atoms with E-state index in [0.29, 0.717) is 17.7 Å². The van der Waals surface area contributed by atoms with Crippen LogP contribution >= 0.6 is 0 Å². The van der Waals surface area contributed by atoms with Crippen molar-refractivity contribution >= 4 is 5.78 Å². The molecule has 1 aliphatic heterocycles. The van der Waals surface area contributed by atoms with Crippen molar-refractivity contribution in [1.29, 1.82) is 0 Å². The maximum absolute atomic E-state index is 12.2. The Morgan fingerprint density at radius 2 is 2.00 bits per heavy atom. The molecule has 1 aromatic carbocycles. The number of benzene rings is 1. The molecule has 1 aliphatic carbocycles. The first-order valence-corrected chi connectivity index (χ1v) is 6.18. The molecule has 0 spiro atoms. The number of ketones is 1. The van der Waals surface area contributed by atoms with Gasteiger partial charge in [-0.25, -0.2) is 0 Å². The Hall–Kier alpha value is -1.91. The number of hydrogen-bond acceptors (Lipinski definition) is 4. The van der Waals surface area contributed by atoms with Crippen LogP contribution in [0.1, 0.15) is 12.0 Å². The van der Waals surface area contributed by atoms with E-state index in [1.165, 1.54) is 0 Å². The van der Waals surface area contributed by atoms with E-state index in [2.05, 4.69) is 0 Å². The summed E-state index contributed by atoms with van der Waals surface area (Å²) in [5, 5.41) is 20.7. The van der Waals surface area contributed by atoms with Gasteiger partial charge in [-0.05, 0) is 12.5 Å². The number of fused-ring (bicyclic) bond motifs is 1. The van der Waals surface area contributed by atoms with Crippen LogP contribution < -0.4 is 0 Å². The molecule has 1 heterocycles. The molecule has 0 saturated carbocycles. The largest absolute Gasteiger partial charge is 0.458 e. The third-order valence-corrected chi connectivity index (χ3v) is 3.56. The molecular weight excluding hydrogens is 244 g/mol. The van der Waals surface area contributed by atoms with Gasteiger partial charge in [0.15, 0.2) is 11.9 Å². The smallest absolute Gasteiger partial charge is 0.267 e. The number of allylic oxidation sites excluding steroid dienone is 4. The zero-order valence-electron chi connectivity index (χ0n) is 10.2. The fourth-order valence-corrected chi connectivity index (χ4v) is 2.48. The quantitative estimate of drug-likeness (QED) is 0.795. The van der Waals surface area contributed by atoms with E-state index < -0.39 is 23.6 Å². The minimum Gasteiger partial charge on any atom is -0.458 e. The summed E-state index contributed by atoms with van der Waals surface area (Å²) in [5.74, 6) is -2.51. The van der Waals surface area contributed by atoms with Crippen LogP contribution in [-0.2, 0) is 15.3 Å². The zero-order chi connectivity index (χ0) is 13.5. The van der Waals surface area contributed by atoms with Gasteiger partial charge in [0.05, 0.1) is 5.92 Å². The molecule has 0 bridgehead atoms. The molecule has 4 nitrogen and oxygen atoms in total. The fraction of sp³-hybridized carbons (Fsp3) is 0.267. The van der Waals surface area contributed by atoms with Gasteiger partial charge in [0.25, 0.3) is 5.79 Å². The molecule has 4 heteroatoms. The highest BCUT2D eigenvalue weighted by atomic mass is 16.6. The minimum atomic E-state index is -2.01. The first-order valence-electron chi connectivity index (χ1n) is 6.18. The standard InChI is InChI=1S/C15H14O4/c16-13-11-8-4-5-9-12(11)19-15(18,14(13)17)10-6-2-1-3-7-10/h1-7,9,11,14,17-18H,8H2. The van der Waals surface area contributed by atoms with Crippen LogP contribution in [0.15, 0.2) is 54.3 Å². The number of carbonyl (C=O) groups excluding carboxylic acids is 1. The van der Waals surface area contributed by atoms with Crippen LogP contribution in [0, 0.1) is 5.92 Å². The zero-order valence-corrected chi connectivity index (χ0v) is 10.2. The SMILES string of the molecule is O=C1C2CC=CC=C2OC(O)(c2ccccc2)C1O. The molecule has 0 amide bonds. The maximum Gasteiger partial charge on any atom is 0.267 e. The van der Waals surface area contributed by atoms with Crippen LogP contribution in [0.4, 0.5) is 0 Å². The summed E-state index contributed by atoms with van der Waals surface area (Å²) in [5.41, 5.74) is 0.366. The van der Waals surface area contributed by atoms with Crippen LogP contribution in [-0.4, -0.2) is 22.1 Å². The third-order valence-electron chi connectivity index (χ3n) is 3.56. The van der Waals surface area contributed by atoms with Crippen LogP contribution in [0.3, 0.4) is 0 Å². The highest BCUT2D eigenvalue weighted by Crippen LogP contribution is 2.40. The number of Topliss-reactive ketones (excluding diaryl/α,β-unsaturated/α-hetero) is 1. The van der Waals surface area contributed by atoms with Gasteiger partial charge in [-0.15, -0.1) is 0 Å². The van der Waals surface area contributed by atoms with Gasteiger partial charge in [0.2, 0.25) is 0 Å². The Bertz CT molecular complexity index is 561. The van der Waals surface area contributed by atoms with Crippen molar-refractivity contribution in [3.05, 3.63) is 59.9 Å². The monoisotopic (exact) mass is 258 g/mol. The van der Waals surface area contributed by atoms with Crippen molar-refractivity contribution in [2.45, 2.75) is 18.3 Å². The Morgan fingerprint density at radius 1 is 1.26 bits per heavy atom. The summed E-state index contributed by atoms with van der Waals surface area (Å²) >= 11 is 0. The normalized spacial score (nSPS) is 33.4. The number of carbonyl (C=O) groups is 1. The Morgan fingerprint density at radius 3 is 2.74 bits per heavy atom. The summed E-state index contributed by atoms with van der Waals surface area (Å²) in [7, 11) is 0. The van der Waals surface area contributed by atoms with Crippen LogP contribution in [0.25, 0.3) is 0 Å². The van der Waals surface area contributed by atoms with E-state index in [0.717, 1.165) is 0 Å². The molecule has 3 rings (SSSR count). The Balaban J connectivity index is 2.05. The molecule has 2 N–H and O–H groups in total. The van der Waals surface area contributed by atoms with E-state index in [4.69, 9.17) is 4.74 Å². The van der Waals surface area contributed by atoms with Crippen molar-refractivity contribution in [1.82, 2.24) is 0 Å². The van der Waals surface area contributed by atoms with Crippen molar-refractivity contribution in [2.24, 2.45) is 5.92 Å². The highest BCUT2D eigenvalue weighted by molar-refractivity contribution is 5.90. The Kier molecular flexibility index (Phi) is 2.77. The van der Waals surface area contributed by atoms with Gasteiger partial charge in [-0.3, -0.25) is 4.79 Å². The summed E-state index contributed by atoms with van der Waals surface area (Å²) in [6, 6.07) is 8.46. The van der Waals surface area contributed by atoms with E-state index in [1.54, 1.807) is 42.5 Å². The Labute approximate surface area is 110 Å². The number of rotatable bonds is 1.